The minimum Gasteiger partial charge on any atom is -0.497 e. The molecule has 1 aromatic heterocycles. The molecule has 0 saturated heterocycles. The molecule has 4 bridgehead atoms. The zero-order valence-electron chi connectivity index (χ0n) is 14.6. The van der Waals surface area contributed by atoms with Gasteiger partial charge in [0.2, 0.25) is 5.91 Å². The van der Waals surface area contributed by atoms with Crippen molar-refractivity contribution in [3.8, 4) is 5.75 Å². The number of aromatic nitrogens is 1. The third-order valence-electron chi connectivity index (χ3n) is 6.54. The van der Waals surface area contributed by atoms with E-state index in [1.807, 2.05) is 18.2 Å². The van der Waals surface area contributed by atoms with Gasteiger partial charge in [-0.25, -0.2) is 4.98 Å². The number of anilines is 1. The number of rotatable bonds is 4. The van der Waals surface area contributed by atoms with Crippen LogP contribution in [0.25, 0.3) is 10.2 Å². The monoisotopic (exact) mass is 356 g/mol. The first-order valence-electron chi connectivity index (χ1n) is 9.35. The Bertz CT molecular complexity index is 793. The number of hydrogen-bond donors (Lipinski definition) is 1. The van der Waals surface area contributed by atoms with Crippen molar-refractivity contribution in [2.75, 3.05) is 12.4 Å². The minimum atomic E-state index is 0.146. The molecular formula is C20H24N2O2S. The third kappa shape index (κ3) is 2.82. The molecule has 0 aliphatic heterocycles. The lowest BCUT2D eigenvalue weighted by Crippen LogP contribution is -2.47. The van der Waals surface area contributed by atoms with Gasteiger partial charge in [-0.1, -0.05) is 11.3 Å². The number of fused-ring (bicyclic) bond motifs is 1. The van der Waals surface area contributed by atoms with Crippen LogP contribution in [0.1, 0.15) is 44.9 Å². The van der Waals surface area contributed by atoms with Gasteiger partial charge in [0.05, 0.1) is 17.3 Å². The maximum atomic E-state index is 12.7. The summed E-state index contributed by atoms with van der Waals surface area (Å²) in [5.74, 6) is 3.62. The standard InChI is InChI=1S/C20H24N2O2S/c1-24-15-2-3-16-17(7-15)25-19(21-16)22-18(23)11-20-8-12-4-13(9-20)6-14(5-12)10-20/h2-3,7,12-14H,4-6,8-11H2,1H3,(H,21,22,23). The lowest BCUT2D eigenvalue weighted by molar-refractivity contribution is -0.124. The van der Waals surface area contributed by atoms with Crippen molar-refractivity contribution in [1.82, 2.24) is 4.98 Å². The van der Waals surface area contributed by atoms with Gasteiger partial charge in [-0.3, -0.25) is 4.79 Å². The summed E-state index contributed by atoms with van der Waals surface area (Å²) in [4.78, 5) is 17.3. The molecule has 6 rings (SSSR count). The van der Waals surface area contributed by atoms with Gasteiger partial charge in [0.1, 0.15) is 5.75 Å². The van der Waals surface area contributed by atoms with Crippen molar-refractivity contribution in [3.63, 3.8) is 0 Å². The van der Waals surface area contributed by atoms with E-state index in [2.05, 4.69) is 10.3 Å². The predicted octanol–water partition coefficient (Wildman–Crippen LogP) is 4.85. The van der Waals surface area contributed by atoms with Gasteiger partial charge in [0.25, 0.3) is 0 Å². The van der Waals surface area contributed by atoms with E-state index in [0.717, 1.165) is 33.7 Å². The van der Waals surface area contributed by atoms with E-state index in [0.29, 0.717) is 11.6 Å². The van der Waals surface area contributed by atoms with Gasteiger partial charge in [-0.15, -0.1) is 0 Å². The molecule has 4 fully saturated rings. The molecule has 1 aromatic carbocycles. The summed E-state index contributed by atoms with van der Waals surface area (Å²) in [7, 11) is 1.66. The largest absolute Gasteiger partial charge is 0.497 e. The molecule has 4 aliphatic carbocycles. The molecule has 5 heteroatoms. The second-order valence-corrected chi connectivity index (χ2v) is 9.53. The lowest BCUT2D eigenvalue weighted by atomic mass is 9.49. The summed E-state index contributed by atoms with van der Waals surface area (Å²) in [6, 6.07) is 5.82. The summed E-state index contributed by atoms with van der Waals surface area (Å²) in [5, 5.41) is 3.78. The molecule has 25 heavy (non-hydrogen) atoms. The Morgan fingerprint density at radius 2 is 1.92 bits per heavy atom. The van der Waals surface area contributed by atoms with E-state index in [1.165, 1.54) is 49.9 Å². The van der Waals surface area contributed by atoms with E-state index >= 15 is 0 Å². The fourth-order valence-electron chi connectivity index (χ4n) is 6.10. The summed E-state index contributed by atoms with van der Waals surface area (Å²) < 4.78 is 6.31. The molecule has 2 aromatic rings. The third-order valence-corrected chi connectivity index (χ3v) is 7.48. The minimum absolute atomic E-state index is 0.146. The smallest absolute Gasteiger partial charge is 0.226 e. The number of ether oxygens (including phenoxy) is 1. The Morgan fingerprint density at radius 3 is 2.56 bits per heavy atom. The highest BCUT2D eigenvalue weighted by Gasteiger charge is 2.51. The normalized spacial score (nSPS) is 32.9. The van der Waals surface area contributed by atoms with Crippen LogP contribution in [0.3, 0.4) is 0 Å². The van der Waals surface area contributed by atoms with Gasteiger partial charge in [0.15, 0.2) is 5.13 Å². The number of carbonyl (C=O) groups excluding carboxylic acids is 1. The fraction of sp³-hybridized carbons (Fsp3) is 0.600. The number of nitrogens with zero attached hydrogens (tertiary/aromatic N) is 1. The molecule has 4 aliphatic rings. The number of thiazole rings is 1. The Hall–Kier alpha value is -1.62. The van der Waals surface area contributed by atoms with E-state index in [1.54, 1.807) is 7.11 Å². The molecule has 0 radical (unpaired) electrons. The SMILES string of the molecule is COc1ccc2nc(NC(=O)CC34CC5CC(CC(C5)C3)C4)sc2c1. The van der Waals surface area contributed by atoms with Crippen LogP contribution in [0.4, 0.5) is 5.13 Å². The van der Waals surface area contributed by atoms with Gasteiger partial charge in [0, 0.05) is 6.42 Å². The molecule has 0 spiro atoms. The number of amides is 1. The topological polar surface area (TPSA) is 51.2 Å². The molecule has 132 valence electrons. The second-order valence-electron chi connectivity index (χ2n) is 8.50. The zero-order valence-corrected chi connectivity index (χ0v) is 15.4. The summed E-state index contributed by atoms with van der Waals surface area (Å²) in [6.45, 7) is 0. The predicted molar refractivity (Wildman–Crippen MR) is 100 cm³/mol. The number of benzene rings is 1. The molecule has 1 heterocycles. The first kappa shape index (κ1) is 15.6. The fourth-order valence-corrected chi connectivity index (χ4v) is 7.01. The van der Waals surface area contributed by atoms with Crippen LogP contribution in [0, 0.1) is 23.2 Å². The van der Waals surface area contributed by atoms with Crippen LogP contribution >= 0.6 is 11.3 Å². The average molecular weight is 356 g/mol. The summed E-state index contributed by atoms with van der Waals surface area (Å²) >= 11 is 1.52. The number of methoxy groups -OCH3 is 1. The van der Waals surface area contributed by atoms with Crippen molar-refractivity contribution >= 4 is 32.6 Å². The quantitative estimate of drug-likeness (QED) is 0.852. The van der Waals surface area contributed by atoms with Crippen LogP contribution in [0.15, 0.2) is 18.2 Å². The lowest BCUT2D eigenvalue weighted by Gasteiger charge is -2.56. The number of hydrogen-bond acceptors (Lipinski definition) is 4. The van der Waals surface area contributed by atoms with E-state index < -0.39 is 0 Å². The molecule has 1 amide bonds. The molecule has 4 saturated carbocycles. The van der Waals surface area contributed by atoms with Crippen LogP contribution in [-0.4, -0.2) is 18.0 Å². The van der Waals surface area contributed by atoms with Gasteiger partial charge in [-0.05, 0) is 79.9 Å². The van der Waals surface area contributed by atoms with Gasteiger partial charge >= 0.3 is 0 Å². The molecule has 1 N–H and O–H groups in total. The van der Waals surface area contributed by atoms with Crippen molar-refractivity contribution in [2.45, 2.75) is 44.9 Å². The highest BCUT2D eigenvalue weighted by Crippen LogP contribution is 2.61. The molecule has 0 atom stereocenters. The van der Waals surface area contributed by atoms with E-state index in [-0.39, 0.29) is 11.3 Å². The number of carbonyl (C=O) groups is 1. The Labute approximate surface area is 152 Å². The average Bonchev–Trinajstić information content (AvgIpc) is 2.93. The highest BCUT2D eigenvalue weighted by atomic mass is 32.1. The maximum absolute atomic E-state index is 12.7. The van der Waals surface area contributed by atoms with E-state index in [9.17, 15) is 4.79 Å². The Balaban J connectivity index is 1.31. The first-order chi connectivity index (χ1) is 12.1. The molecule has 0 unspecified atom stereocenters. The van der Waals surface area contributed by atoms with Gasteiger partial charge < -0.3 is 10.1 Å². The zero-order chi connectivity index (χ0) is 17.0. The first-order valence-corrected chi connectivity index (χ1v) is 10.2. The summed E-state index contributed by atoms with van der Waals surface area (Å²) in [5.41, 5.74) is 1.19. The number of nitrogens with one attached hydrogen (secondary N) is 1. The Kier molecular flexibility index (Phi) is 3.56. The van der Waals surface area contributed by atoms with Crippen LogP contribution in [0.5, 0.6) is 5.75 Å². The van der Waals surface area contributed by atoms with Gasteiger partial charge in [-0.2, -0.15) is 0 Å². The van der Waals surface area contributed by atoms with E-state index in [4.69, 9.17) is 4.74 Å². The highest BCUT2D eigenvalue weighted by molar-refractivity contribution is 7.22. The van der Waals surface area contributed by atoms with Crippen LogP contribution < -0.4 is 10.1 Å². The van der Waals surface area contributed by atoms with Crippen molar-refractivity contribution in [3.05, 3.63) is 18.2 Å². The molecule has 4 nitrogen and oxygen atoms in total. The van der Waals surface area contributed by atoms with Crippen molar-refractivity contribution < 1.29 is 9.53 Å². The van der Waals surface area contributed by atoms with Crippen molar-refractivity contribution in [1.29, 1.82) is 0 Å². The van der Waals surface area contributed by atoms with Crippen molar-refractivity contribution in [2.24, 2.45) is 23.2 Å². The maximum Gasteiger partial charge on any atom is 0.226 e. The Morgan fingerprint density at radius 1 is 1.24 bits per heavy atom. The second kappa shape index (κ2) is 5.70. The molecular weight excluding hydrogens is 332 g/mol. The summed E-state index contributed by atoms with van der Waals surface area (Å²) in [6.07, 6.45) is 8.73. The van der Waals surface area contributed by atoms with Crippen LogP contribution in [0.2, 0.25) is 0 Å². The van der Waals surface area contributed by atoms with Crippen LogP contribution in [-0.2, 0) is 4.79 Å².